The summed E-state index contributed by atoms with van der Waals surface area (Å²) in [5.41, 5.74) is 0. The smallest absolute Gasteiger partial charge is 0.00897 e. The zero-order valence-electron chi connectivity index (χ0n) is 6.48. The van der Waals surface area contributed by atoms with Gasteiger partial charge in [0.15, 0.2) is 0 Å². The monoisotopic (exact) mass is 127 g/mol. The van der Waals surface area contributed by atoms with Gasteiger partial charge in [-0.25, -0.2) is 0 Å². The van der Waals surface area contributed by atoms with E-state index < -0.39 is 0 Å². The predicted octanol–water partition coefficient (Wildman–Crippen LogP) is 1.78. The average Bonchev–Trinajstić information content (AvgIpc) is 1.78. The highest BCUT2D eigenvalue weighted by atomic mass is 14.9. The van der Waals surface area contributed by atoms with Crippen molar-refractivity contribution in [3.63, 3.8) is 0 Å². The average molecular weight is 127 g/mol. The fraction of sp³-hybridized carbons (Fsp3) is 1.00. The minimum atomic E-state index is 0.804. The van der Waals surface area contributed by atoms with Gasteiger partial charge >= 0.3 is 0 Å². The van der Waals surface area contributed by atoms with E-state index in [2.05, 4.69) is 19.3 Å². The quantitative estimate of drug-likeness (QED) is 0.609. The lowest BCUT2D eigenvalue weighted by Gasteiger charge is -2.32. The first-order valence-electron chi connectivity index (χ1n) is 4.05. The first kappa shape index (κ1) is 7.07. The molecule has 0 radical (unpaired) electrons. The van der Waals surface area contributed by atoms with Crippen LogP contribution in [0.4, 0.5) is 0 Å². The van der Waals surface area contributed by atoms with E-state index in [0.717, 1.165) is 12.0 Å². The van der Waals surface area contributed by atoms with Crippen LogP contribution in [0.2, 0.25) is 0 Å². The van der Waals surface area contributed by atoms with Crippen LogP contribution in [0, 0.1) is 5.92 Å². The highest BCUT2D eigenvalue weighted by Crippen LogP contribution is 2.30. The van der Waals surface area contributed by atoms with Crippen molar-refractivity contribution in [2.24, 2.45) is 5.92 Å². The van der Waals surface area contributed by atoms with E-state index >= 15 is 0 Å². The second-order valence-electron chi connectivity index (χ2n) is 2.99. The Morgan fingerprint density at radius 2 is 2.22 bits per heavy atom. The summed E-state index contributed by atoms with van der Waals surface area (Å²) in [4.78, 5) is 0. The minimum absolute atomic E-state index is 0.804. The van der Waals surface area contributed by atoms with Crippen LogP contribution in [-0.4, -0.2) is 13.1 Å². The summed E-state index contributed by atoms with van der Waals surface area (Å²) in [5.74, 6) is 1.000. The summed E-state index contributed by atoms with van der Waals surface area (Å²) >= 11 is 0. The van der Waals surface area contributed by atoms with Gasteiger partial charge in [0.2, 0.25) is 0 Å². The first-order chi connectivity index (χ1) is 4.38. The molecule has 0 aromatic heterocycles. The molecule has 0 aromatic rings. The van der Waals surface area contributed by atoms with Crippen LogP contribution in [0.1, 0.15) is 32.6 Å². The first-order valence-corrected chi connectivity index (χ1v) is 4.05. The molecule has 1 unspecified atom stereocenters. The Morgan fingerprint density at radius 3 is 2.33 bits per heavy atom. The normalized spacial score (nSPS) is 23.3. The Labute approximate surface area is 57.8 Å². The largest absolute Gasteiger partial charge is 0.317 e. The van der Waals surface area contributed by atoms with Gasteiger partial charge in [0.25, 0.3) is 0 Å². The fourth-order valence-corrected chi connectivity index (χ4v) is 1.62. The standard InChI is InChI=1S/C8H17N/c1-3-8(9-2)7-5-4-6-7/h7-9H,3-6H2,1-2H3. The van der Waals surface area contributed by atoms with Crippen LogP contribution < -0.4 is 5.32 Å². The Hall–Kier alpha value is -0.0400. The lowest BCUT2D eigenvalue weighted by atomic mass is 9.79. The third-order valence-corrected chi connectivity index (χ3v) is 2.53. The maximum absolute atomic E-state index is 3.35. The molecule has 54 valence electrons. The van der Waals surface area contributed by atoms with Crippen LogP contribution in [0.15, 0.2) is 0 Å². The van der Waals surface area contributed by atoms with Gasteiger partial charge in [0.1, 0.15) is 0 Å². The molecule has 1 saturated carbocycles. The SMILES string of the molecule is CCC(NC)C1CCC1. The molecule has 1 aliphatic rings. The lowest BCUT2D eigenvalue weighted by molar-refractivity contribution is 0.232. The van der Waals surface area contributed by atoms with Crippen LogP contribution in [0.25, 0.3) is 0 Å². The molecule has 1 N–H and O–H groups in total. The molecule has 1 heteroatoms. The Morgan fingerprint density at radius 1 is 1.56 bits per heavy atom. The van der Waals surface area contributed by atoms with E-state index in [4.69, 9.17) is 0 Å². The van der Waals surface area contributed by atoms with Crippen LogP contribution >= 0.6 is 0 Å². The van der Waals surface area contributed by atoms with E-state index in [0.29, 0.717) is 0 Å². The fourth-order valence-electron chi connectivity index (χ4n) is 1.62. The van der Waals surface area contributed by atoms with E-state index in [1.165, 1.54) is 25.7 Å². The molecule has 9 heavy (non-hydrogen) atoms. The molecule has 0 bridgehead atoms. The topological polar surface area (TPSA) is 12.0 Å². The predicted molar refractivity (Wildman–Crippen MR) is 40.5 cm³/mol. The Balaban J connectivity index is 2.19. The minimum Gasteiger partial charge on any atom is -0.317 e. The molecule has 0 aromatic carbocycles. The van der Waals surface area contributed by atoms with Gasteiger partial charge < -0.3 is 5.32 Å². The second-order valence-corrected chi connectivity index (χ2v) is 2.99. The maximum atomic E-state index is 3.35. The van der Waals surface area contributed by atoms with Gasteiger partial charge in [-0.05, 0) is 32.2 Å². The summed E-state index contributed by atoms with van der Waals surface area (Å²) < 4.78 is 0. The number of hydrogen-bond donors (Lipinski definition) is 1. The van der Waals surface area contributed by atoms with Gasteiger partial charge in [-0.15, -0.1) is 0 Å². The molecule has 0 aliphatic heterocycles. The molecule has 0 spiro atoms. The molecule has 1 nitrogen and oxygen atoms in total. The third kappa shape index (κ3) is 1.45. The van der Waals surface area contributed by atoms with Crippen molar-refractivity contribution in [1.82, 2.24) is 5.32 Å². The number of hydrogen-bond acceptors (Lipinski definition) is 1. The molecule has 1 atom stereocenters. The van der Waals surface area contributed by atoms with E-state index in [1.54, 1.807) is 0 Å². The zero-order valence-corrected chi connectivity index (χ0v) is 6.48. The Bertz CT molecular complexity index is 72.6. The molecule has 1 rings (SSSR count). The summed E-state index contributed by atoms with van der Waals surface area (Å²) in [6.07, 6.45) is 5.67. The maximum Gasteiger partial charge on any atom is 0.00897 e. The lowest BCUT2D eigenvalue weighted by Crippen LogP contribution is -2.36. The van der Waals surface area contributed by atoms with Crippen LogP contribution in [0.3, 0.4) is 0 Å². The molecular weight excluding hydrogens is 110 g/mol. The van der Waals surface area contributed by atoms with Gasteiger partial charge in [-0.3, -0.25) is 0 Å². The van der Waals surface area contributed by atoms with Crippen molar-refractivity contribution in [2.45, 2.75) is 38.6 Å². The van der Waals surface area contributed by atoms with Gasteiger partial charge in [-0.1, -0.05) is 13.3 Å². The van der Waals surface area contributed by atoms with Gasteiger partial charge in [0, 0.05) is 6.04 Å². The molecular formula is C8H17N. The molecule has 1 fully saturated rings. The zero-order chi connectivity index (χ0) is 6.69. The molecule has 0 heterocycles. The summed E-state index contributed by atoms with van der Waals surface area (Å²) in [6.45, 7) is 2.26. The van der Waals surface area contributed by atoms with Crippen molar-refractivity contribution in [3.8, 4) is 0 Å². The highest BCUT2D eigenvalue weighted by molar-refractivity contribution is 4.80. The van der Waals surface area contributed by atoms with E-state index in [-0.39, 0.29) is 0 Å². The number of nitrogens with one attached hydrogen (secondary N) is 1. The summed E-state index contributed by atoms with van der Waals surface area (Å²) in [5, 5.41) is 3.35. The molecule has 0 amide bonds. The van der Waals surface area contributed by atoms with Gasteiger partial charge in [0.05, 0.1) is 0 Å². The molecule has 0 saturated heterocycles. The number of rotatable bonds is 3. The van der Waals surface area contributed by atoms with Crippen LogP contribution in [-0.2, 0) is 0 Å². The van der Waals surface area contributed by atoms with E-state index in [9.17, 15) is 0 Å². The van der Waals surface area contributed by atoms with Crippen molar-refractivity contribution in [1.29, 1.82) is 0 Å². The summed E-state index contributed by atoms with van der Waals surface area (Å²) in [7, 11) is 2.08. The van der Waals surface area contributed by atoms with Crippen molar-refractivity contribution in [3.05, 3.63) is 0 Å². The van der Waals surface area contributed by atoms with Crippen molar-refractivity contribution >= 4 is 0 Å². The van der Waals surface area contributed by atoms with Crippen LogP contribution in [0.5, 0.6) is 0 Å². The third-order valence-electron chi connectivity index (χ3n) is 2.53. The van der Waals surface area contributed by atoms with Crippen molar-refractivity contribution in [2.75, 3.05) is 7.05 Å². The second kappa shape index (κ2) is 3.21. The van der Waals surface area contributed by atoms with Gasteiger partial charge in [-0.2, -0.15) is 0 Å². The summed E-state index contributed by atoms with van der Waals surface area (Å²) in [6, 6.07) is 0.804. The highest BCUT2D eigenvalue weighted by Gasteiger charge is 2.23. The van der Waals surface area contributed by atoms with Crippen molar-refractivity contribution < 1.29 is 0 Å². The molecule has 1 aliphatic carbocycles. The Kier molecular flexibility index (Phi) is 2.52. The van der Waals surface area contributed by atoms with E-state index in [1.807, 2.05) is 0 Å².